The second kappa shape index (κ2) is 4.54. The second-order valence-electron chi connectivity index (χ2n) is 2.76. The maximum Gasteiger partial charge on any atom is 0.286 e. The second-order valence-corrected chi connectivity index (χ2v) is 2.95. The minimum Gasteiger partial charge on any atom is -0.266 e. The van der Waals surface area contributed by atoms with Crippen molar-refractivity contribution in [1.29, 1.82) is 0 Å². The van der Waals surface area contributed by atoms with Crippen molar-refractivity contribution in [2.45, 2.75) is 6.92 Å². The number of aliphatic imine (C=N–C) groups is 1. The highest BCUT2D eigenvalue weighted by Gasteiger charge is 2.12. The Morgan fingerprint density at radius 3 is 2.73 bits per heavy atom. The molecule has 0 aliphatic carbocycles. The summed E-state index contributed by atoms with van der Waals surface area (Å²) < 4.78 is 0. The largest absolute Gasteiger partial charge is 0.286 e. The molecule has 1 aromatic carbocycles. The van der Waals surface area contributed by atoms with E-state index in [0.717, 1.165) is 0 Å². The summed E-state index contributed by atoms with van der Waals surface area (Å²) in [4.78, 5) is 24.5. The van der Waals surface area contributed by atoms with Gasteiger partial charge < -0.3 is 0 Å². The Morgan fingerprint density at radius 1 is 1.60 bits per heavy atom. The van der Waals surface area contributed by atoms with E-state index in [2.05, 4.69) is 17.2 Å². The first-order valence-electron chi connectivity index (χ1n) is 3.93. The normalized spacial score (nSPS) is 9.13. The van der Waals surface area contributed by atoms with E-state index in [9.17, 15) is 14.9 Å². The van der Waals surface area contributed by atoms with Crippen molar-refractivity contribution in [1.82, 2.24) is 0 Å². The van der Waals surface area contributed by atoms with E-state index in [0.29, 0.717) is 5.56 Å². The van der Waals surface area contributed by atoms with Crippen LogP contribution in [-0.4, -0.2) is 16.0 Å². The van der Waals surface area contributed by atoms with Gasteiger partial charge in [0.05, 0.1) is 10.1 Å². The van der Waals surface area contributed by atoms with Crippen LogP contribution in [0.5, 0.6) is 0 Å². The third-order valence-corrected chi connectivity index (χ3v) is 1.89. The molecule has 0 saturated carbocycles. The van der Waals surface area contributed by atoms with Gasteiger partial charge in [0.25, 0.3) is 11.6 Å². The number of isothiocyanates is 1. The van der Waals surface area contributed by atoms with Crippen LogP contribution >= 0.6 is 12.2 Å². The maximum atomic E-state index is 11.3. The molecule has 0 atom stereocenters. The molecule has 0 saturated heterocycles. The fraction of sp³-hybridized carbons (Fsp3) is 0.111. The number of nitro benzene ring substituents is 1. The molecular formula is C9H6N2O3S. The van der Waals surface area contributed by atoms with Gasteiger partial charge in [-0.1, -0.05) is 0 Å². The standard InChI is InChI=1S/C9H6N2O3S/c1-6-4-7(11(13)14)2-3-8(6)9(12)10-5-15/h2-4H,1H3. The number of rotatable bonds is 2. The Kier molecular flexibility index (Phi) is 3.38. The van der Waals surface area contributed by atoms with Gasteiger partial charge in [-0.05, 0) is 30.8 Å². The summed E-state index contributed by atoms with van der Waals surface area (Å²) >= 11 is 4.29. The zero-order chi connectivity index (χ0) is 11.4. The topological polar surface area (TPSA) is 72.6 Å². The summed E-state index contributed by atoms with van der Waals surface area (Å²) in [6, 6.07) is 3.91. The third kappa shape index (κ3) is 2.52. The Labute approximate surface area is 90.6 Å². The van der Waals surface area contributed by atoms with Crippen molar-refractivity contribution in [3.05, 3.63) is 39.4 Å². The van der Waals surface area contributed by atoms with Crippen molar-refractivity contribution < 1.29 is 9.72 Å². The van der Waals surface area contributed by atoms with Gasteiger partial charge in [0.15, 0.2) is 0 Å². The van der Waals surface area contributed by atoms with Crippen LogP contribution in [0.15, 0.2) is 23.2 Å². The quantitative estimate of drug-likeness (QED) is 0.332. The highest BCUT2D eigenvalue weighted by atomic mass is 32.1. The maximum absolute atomic E-state index is 11.3. The van der Waals surface area contributed by atoms with E-state index in [1.807, 2.05) is 5.16 Å². The van der Waals surface area contributed by atoms with Crippen molar-refractivity contribution in [2.24, 2.45) is 4.99 Å². The predicted octanol–water partition coefficient (Wildman–Crippen LogP) is 2.15. The summed E-state index contributed by atoms with van der Waals surface area (Å²) in [5, 5.41) is 12.4. The fourth-order valence-corrected chi connectivity index (χ4v) is 1.19. The van der Waals surface area contributed by atoms with Gasteiger partial charge in [0.2, 0.25) is 0 Å². The van der Waals surface area contributed by atoms with E-state index < -0.39 is 10.8 Å². The summed E-state index contributed by atoms with van der Waals surface area (Å²) in [6.45, 7) is 1.60. The molecule has 0 aliphatic rings. The van der Waals surface area contributed by atoms with Gasteiger partial charge in [-0.25, -0.2) is 0 Å². The molecule has 0 radical (unpaired) electrons. The van der Waals surface area contributed by atoms with Crippen molar-refractivity contribution >= 4 is 29.0 Å². The van der Waals surface area contributed by atoms with Gasteiger partial charge in [-0.3, -0.25) is 14.9 Å². The molecule has 0 fully saturated rings. The van der Waals surface area contributed by atoms with E-state index in [4.69, 9.17) is 0 Å². The number of thiocarbonyl (C=S) groups is 1. The Hall–Kier alpha value is -1.91. The molecule has 0 heterocycles. The number of carbonyl (C=O) groups is 1. The van der Waals surface area contributed by atoms with Gasteiger partial charge in [0.1, 0.15) is 0 Å². The highest BCUT2D eigenvalue weighted by molar-refractivity contribution is 7.78. The van der Waals surface area contributed by atoms with Gasteiger partial charge in [-0.15, -0.1) is 0 Å². The van der Waals surface area contributed by atoms with E-state index >= 15 is 0 Å². The summed E-state index contributed by atoms with van der Waals surface area (Å²) in [5.74, 6) is -0.544. The van der Waals surface area contributed by atoms with Crippen LogP contribution in [0.25, 0.3) is 0 Å². The molecule has 1 amide bonds. The Bertz CT molecular complexity index is 478. The van der Waals surface area contributed by atoms with Gasteiger partial charge >= 0.3 is 0 Å². The number of carbonyl (C=O) groups excluding carboxylic acids is 1. The molecule has 0 spiro atoms. The number of hydrogen-bond donors (Lipinski definition) is 0. The lowest BCUT2D eigenvalue weighted by atomic mass is 10.1. The highest BCUT2D eigenvalue weighted by Crippen LogP contribution is 2.17. The molecule has 0 bridgehead atoms. The number of aryl methyl sites for hydroxylation is 1. The monoisotopic (exact) mass is 222 g/mol. The smallest absolute Gasteiger partial charge is 0.266 e. The number of non-ortho nitro benzene ring substituents is 1. The van der Waals surface area contributed by atoms with Crippen LogP contribution in [0, 0.1) is 17.0 Å². The fourth-order valence-electron chi connectivity index (χ4n) is 1.10. The average molecular weight is 222 g/mol. The number of amides is 1. The predicted molar refractivity (Wildman–Crippen MR) is 57.2 cm³/mol. The molecule has 0 aromatic heterocycles. The summed E-state index contributed by atoms with van der Waals surface area (Å²) in [7, 11) is 0. The number of nitro groups is 1. The number of nitrogens with zero attached hydrogens (tertiary/aromatic N) is 2. The van der Waals surface area contributed by atoms with Crippen LogP contribution < -0.4 is 0 Å². The molecule has 0 N–H and O–H groups in total. The van der Waals surface area contributed by atoms with Crippen molar-refractivity contribution in [3.63, 3.8) is 0 Å². The number of benzene rings is 1. The lowest BCUT2D eigenvalue weighted by Crippen LogP contribution is -1.99. The molecule has 76 valence electrons. The lowest BCUT2D eigenvalue weighted by molar-refractivity contribution is -0.384. The van der Waals surface area contributed by atoms with Crippen LogP contribution in [0.4, 0.5) is 5.69 Å². The summed E-state index contributed by atoms with van der Waals surface area (Å²) in [6.07, 6.45) is 0. The first kappa shape index (κ1) is 11.2. The molecule has 0 unspecified atom stereocenters. The minimum atomic E-state index is -0.544. The third-order valence-electron chi connectivity index (χ3n) is 1.80. The molecule has 15 heavy (non-hydrogen) atoms. The minimum absolute atomic E-state index is 0.0598. The van der Waals surface area contributed by atoms with Crippen molar-refractivity contribution in [2.75, 3.05) is 0 Å². The zero-order valence-electron chi connectivity index (χ0n) is 7.76. The molecule has 5 nitrogen and oxygen atoms in total. The van der Waals surface area contributed by atoms with E-state index in [1.165, 1.54) is 18.2 Å². The van der Waals surface area contributed by atoms with Crippen LogP contribution in [0.2, 0.25) is 0 Å². The number of hydrogen-bond acceptors (Lipinski definition) is 4. The average Bonchev–Trinajstić information content (AvgIpc) is 2.17. The Morgan fingerprint density at radius 2 is 2.27 bits per heavy atom. The zero-order valence-corrected chi connectivity index (χ0v) is 8.58. The Balaban J connectivity index is 3.19. The van der Waals surface area contributed by atoms with E-state index in [-0.39, 0.29) is 11.3 Å². The first-order chi connectivity index (χ1) is 7.06. The molecule has 1 rings (SSSR count). The van der Waals surface area contributed by atoms with Crippen LogP contribution in [0.3, 0.4) is 0 Å². The summed E-state index contributed by atoms with van der Waals surface area (Å²) in [5.41, 5.74) is 0.719. The lowest BCUT2D eigenvalue weighted by Gasteiger charge is -1.99. The molecule has 1 aromatic rings. The first-order valence-corrected chi connectivity index (χ1v) is 4.34. The SMILES string of the molecule is Cc1cc([N+](=O)[O-])ccc1C(=O)N=C=S. The molecule has 6 heteroatoms. The van der Waals surface area contributed by atoms with Gasteiger partial charge in [-0.2, -0.15) is 4.99 Å². The van der Waals surface area contributed by atoms with Crippen LogP contribution in [0.1, 0.15) is 15.9 Å². The molecular weight excluding hydrogens is 216 g/mol. The van der Waals surface area contributed by atoms with Crippen LogP contribution in [-0.2, 0) is 0 Å². The van der Waals surface area contributed by atoms with Crippen molar-refractivity contribution in [3.8, 4) is 0 Å². The van der Waals surface area contributed by atoms with Gasteiger partial charge in [0, 0.05) is 17.7 Å². The van der Waals surface area contributed by atoms with E-state index in [1.54, 1.807) is 6.92 Å². The molecule has 0 aliphatic heterocycles.